The Morgan fingerprint density at radius 3 is 2.80 bits per heavy atom. The smallest absolute Gasteiger partial charge is 0.148 e. The number of aryl methyl sites for hydroxylation is 2. The monoisotopic (exact) mass is 271 g/mol. The fourth-order valence-corrected chi connectivity index (χ4v) is 1.94. The molecule has 0 aromatic carbocycles. The summed E-state index contributed by atoms with van der Waals surface area (Å²) >= 11 is 0. The van der Waals surface area contributed by atoms with Crippen molar-refractivity contribution in [2.45, 2.75) is 33.7 Å². The average molecular weight is 271 g/mol. The molecule has 0 spiro atoms. The van der Waals surface area contributed by atoms with Crippen LogP contribution in [-0.2, 0) is 13.0 Å². The molecule has 0 unspecified atom stereocenters. The molecule has 0 aliphatic heterocycles. The Morgan fingerprint density at radius 2 is 2.05 bits per heavy atom. The van der Waals surface area contributed by atoms with Crippen LogP contribution in [0, 0.1) is 6.92 Å². The Hall–Kier alpha value is -1.94. The molecule has 0 fully saturated rings. The Balaban J connectivity index is 2.17. The normalized spacial score (nSPS) is 10.6. The molecule has 0 saturated carbocycles. The maximum atomic E-state index is 5.95. The van der Waals surface area contributed by atoms with Crippen LogP contribution in [0.15, 0.2) is 30.5 Å². The first kappa shape index (κ1) is 14.5. The molecule has 1 N–H and O–H groups in total. The largest absolute Gasteiger partial charge is 0.455 e. The molecule has 0 aliphatic rings. The first-order valence-electron chi connectivity index (χ1n) is 7.03. The molecule has 0 radical (unpaired) electrons. The zero-order valence-corrected chi connectivity index (χ0v) is 12.3. The fraction of sp³-hybridized carbons (Fsp3) is 0.375. The van der Waals surface area contributed by atoms with Gasteiger partial charge in [0.15, 0.2) is 0 Å². The summed E-state index contributed by atoms with van der Waals surface area (Å²) in [6, 6.07) is 7.78. The third-order valence-corrected chi connectivity index (χ3v) is 2.98. The number of nitrogens with one attached hydrogen (secondary N) is 1. The fourth-order valence-electron chi connectivity index (χ4n) is 1.94. The number of ether oxygens (including phenoxy) is 1. The summed E-state index contributed by atoms with van der Waals surface area (Å²) < 4.78 is 5.95. The maximum absolute atomic E-state index is 5.95. The van der Waals surface area contributed by atoms with Gasteiger partial charge < -0.3 is 10.1 Å². The van der Waals surface area contributed by atoms with Crippen LogP contribution in [0.5, 0.6) is 11.5 Å². The van der Waals surface area contributed by atoms with Crippen molar-refractivity contribution in [3.8, 4) is 11.5 Å². The lowest BCUT2D eigenvalue weighted by atomic mass is 10.2. The van der Waals surface area contributed by atoms with Gasteiger partial charge in [0, 0.05) is 24.5 Å². The van der Waals surface area contributed by atoms with Gasteiger partial charge in [-0.25, -0.2) is 0 Å². The average Bonchev–Trinajstić information content (AvgIpc) is 2.47. The van der Waals surface area contributed by atoms with Crippen LogP contribution in [0.3, 0.4) is 0 Å². The molecule has 0 atom stereocenters. The minimum Gasteiger partial charge on any atom is -0.455 e. The van der Waals surface area contributed by atoms with Crippen LogP contribution in [0.1, 0.15) is 30.9 Å². The van der Waals surface area contributed by atoms with E-state index in [2.05, 4.69) is 29.1 Å². The van der Waals surface area contributed by atoms with E-state index < -0.39 is 0 Å². The van der Waals surface area contributed by atoms with Crippen molar-refractivity contribution >= 4 is 0 Å². The van der Waals surface area contributed by atoms with Gasteiger partial charge in [-0.2, -0.15) is 0 Å². The quantitative estimate of drug-likeness (QED) is 0.876. The third-order valence-electron chi connectivity index (χ3n) is 2.98. The van der Waals surface area contributed by atoms with E-state index in [-0.39, 0.29) is 0 Å². The second-order valence-electron chi connectivity index (χ2n) is 4.62. The van der Waals surface area contributed by atoms with Gasteiger partial charge in [0.25, 0.3) is 0 Å². The highest BCUT2D eigenvalue weighted by atomic mass is 16.5. The molecular formula is C16H21N3O. The molecule has 0 saturated heterocycles. The lowest BCUT2D eigenvalue weighted by Crippen LogP contribution is -2.12. The number of aromatic nitrogens is 2. The second-order valence-corrected chi connectivity index (χ2v) is 4.62. The highest BCUT2D eigenvalue weighted by Crippen LogP contribution is 2.25. The molecule has 2 rings (SSSR count). The predicted molar refractivity (Wildman–Crippen MR) is 80.0 cm³/mol. The van der Waals surface area contributed by atoms with E-state index in [1.165, 1.54) is 0 Å². The van der Waals surface area contributed by atoms with Crippen molar-refractivity contribution in [2.24, 2.45) is 0 Å². The molecule has 2 aromatic rings. The van der Waals surface area contributed by atoms with Crippen molar-refractivity contribution < 1.29 is 4.74 Å². The number of hydrogen-bond acceptors (Lipinski definition) is 4. The van der Waals surface area contributed by atoms with E-state index in [1.54, 1.807) is 6.20 Å². The molecule has 0 amide bonds. The number of pyridine rings is 2. The van der Waals surface area contributed by atoms with E-state index in [1.807, 2.05) is 31.2 Å². The summed E-state index contributed by atoms with van der Waals surface area (Å²) in [6.45, 7) is 7.82. The lowest BCUT2D eigenvalue weighted by Gasteiger charge is -2.11. The zero-order valence-electron chi connectivity index (χ0n) is 12.3. The standard InChI is InChI=1S/C16H21N3O/c1-4-15-16(7-6-12(3)19-15)20-14-8-9-18-13(10-14)11-17-5-2/h6-10,17H,4-5,11H2,1-3H3. The lowest BCUT2D eigenvalue weighted by molar-refractivity contribution is 0.470. The summed E-state index contributed by atoms with van der Waals surface area (Å²) in [5.41, 5.74) is 2.97. The van der Waals surface area contributed by atoms with Crippen LogP contribution >= 0.6 is 0 Å². The maximum Gasteiger partial charge on any atom is 0.148 e. The molecule has 2 aromatic heterocycles. The van der Waals surface area contributed by atoms with E-state index in [0.29, 0.717) is 0 Å². The van der Waals surface area contributed by atoms with Gasteiger partial charge in [0.2, 0.25) is 0 Å². The van der Waals surface area contributed by atoms with Gasteiger partial charge in [-0.05, 0) is 38.1 Å². The summed E-state index contributed by atoms with van der Waals surface area (Å²) in [5, 5.41) is 3.26. The molecule has 4 heteroatoms. The number of rotatable bonds is 6. The van der Waals surface area contributed by atoms with Gasteiger partial charge in [0.05, 0.1) is 11.4 Å². The Labute approximate surface area is 120 Å². The SMILES string of the molecule is CCNCc1cc(Oc2ccc(C)nc2CC)ccn1. The van der Waals surface area contributed by atoms with Crippen LogP contribution in [0.2, 0.25) is 0 Å². The van der Waals surface area contributed by atoms with E-state index in [0.717, 1.165) is 48.1 Å². The minimum atomic E-state index is 0.750. The van der Waals surface area contributed by atoms with Crippen molar-refractivity contribution in [3.05, 3.63) is 47.5 Å². The van der Waals surface area contributed by atoms with Gasteiger partial charge in [-0.15, -0.1) is 0 Å². The van der Waals surface area contributed by atoms with Crippen LogP contribution in [0.25, 0.3) is 0 Å². The van der Waals surface area contributed by atoms with Crippen molar-refractivity contribution in [2.75, 3.05) is 6.54 Å². The van der Waals surface area contributed by atoms with E-state index in [4.69, 9.17) is 4.74 Å². The van der Waals surface area contributed by atoms with Crippen molar-refractivity contribution in [1.82, 2.24) is 15.3 Å². The highest BCUT2D eigenvalue weighted by molar-refractivity contribution is 5.35. The zero-order chi connectivity index (χ0) is 14.4. The first-order valence-corrected chi connectivity index (χ1v) is 7.03. The molecule has 2 heterocycles. The summed E-state index contributed by atoms with van der Waals surface area (Å²) in [5.74, 6) is 1.62. The number of hydrogen-bond donors (Lipinski definition) is 1. The topological polar surface area (TPSA) is 47.0 Å². The first-order chi connectivity index (χ1) is 9.72. The van der Waals surface area contributed by atoms with Gasteiger partial charge >= 0.3 is 0 Å². The summed E-state index contributed by atoms with van der Waals surface area (Å²) in [4.78, 5) is 8.82. The molecule has 0 bridgehead atoms. The van der Waals surface area contributed by atoms with Crippen LogP contribution < -0.4 is 10.1 Å². The minimum absolute atomic E-state index is 0.750. The number of nitrogens with zero attached hydrogens (tertiary/aromatic N) is 2. The van der Waals surface area contributed by atoms with E-state index in [9.17, 15) is 0 Å². The molecular weight excluding hydrogens is 250 g/mol. The van der Waals surface area contributed by atoms with Crippen LogP contribution in [-0.4, -0.2) is 16.5 Å². The Kier molecular flexibility index (Phi) is 5.07. The summed E-state index contributed by atoms with van der Waals surface area (Å²) in [6.07, 6.45) is 2.63. The van der Waals surface area contributed by atoms with Gasteiger partial charge in [-0.3, -0.25) is 9.97 Å². The van der Waals surface area contributed by atoms with Crippen molar-refractivity contribution in [1.29, 1.82) is 0 Å². The van der Waals surface area contributed by atoms with E-state index >= 15 is 0 Å². The predicted octanol–water partition coefficient (Wildman–Crippen LogP) is 3.25. The van der Waals surface area contributed by atoms with Gasteiger partial charge in [0.1, 0.15) is 11.5 Å². The van der Waals surface area contributed by atoms with Crippen LogP contribution in [0.4, 0.5) is 0 Å². The molecule has 20 heavy (non-hydrogen) atoms. The highest BCUT2D eigenvalue weighted by Gasteiger charge is 2.06. The molecule has 4 nitrogen and oxygen atoms in total. The third kappa shape index (κ3) is 3.78. The molecule has 0 aliphatic carbocycles. The molecule has 106 valence electrons. The second kappa shape index (κ2) is 7.01. The van der Waals surface area contributed by atoms with Gasteiger partial charge in [-0.1, -0.05) is 13.8 Å². The van der Waals surface area contributed by atoms with Crippen molar-refractivity contribution in [3.63, 3.8) is 0 Å². The summed E-state index contributed by atoms with van der Waals surface area (Å²) in [7, 11) is 0. The Morgan fingerprint density at radius 1 is 1.20 bits per heavy atom. The Bertz CT molecular complexity index is 569.